The van der Waals surface area contributed by atoms with Crippen LogP contribution < -0.4 is 17.0 Å². The molecule has 5 heteroatoms. The lowest BCUT2D eigenvalue weighted by Crippen LogP contribution is -3.00. The fraction of sp³-hybridized carbons (Fsp3) is 0. The zero-order valence-corrected chi connectivity index (χ0v) is 9.31. The van der Waals surface area contributed by atoms with E-state index in [0.29, 0.717) is 10.0 Å². The van der Waals surface area contributed by atoms with Gasteiger partial charge in [0.15, 0.2) is 5.69 Å². The van der Waals surface area contributed by atoms with Gasteiger partial charge in [-0.3, -0.25) is 0 Å². The number of aromatic amines is 1. The molecule has 0 radical (unpaired) electrons. The molecular weight excluding hydrogens is 242 g/mol. The van der Waals surface area contributed by atoms with E-state index in [1.54, 1.807) is 12.4 Å². The largest absolute Gasteiger partial charge is 1.00 e. The number of H-pyrrole nitrogens is 1. The van der Waals surface area contributed by atoms with E-state index in [-0.39, 0.29) is 12.4 Å². The summed E-state index contributed by atoms with van der Waals surface area (Å²) in [5, 5.41) is 1.13. The predicted octanol–water partition coefficient (Wildman–Crippen LogP) is -0.398. The topological polar surface area (TPSA) is 19.7 Å². The Kier molecular flexibility index (Phi) is 3.81. The van der Waals surface area contributed by atoms with Gasteiger partial charge in [0.2, 0.25) is 6.33 Å². The molecule has 0 fully saturated rings. The van der Waals surface area contributed by atoms with Crippen LogP contribution in [0.4, 0.5) is 0 Å². The Morgan fingerprint density at radius 3 is 2.64 bits per heavy atom. The second-order valence-corrected chi connectivity index (χ2v) is 3.38. The molecule has 14 heavy (non-hydrogen) atoms. The minimum absolute atomic E-state index is 0. The highest BCUT2D eigenvalue weighted by molar-refractivity contribution is 6.42. The van der Waals surface area contributed by atoms with E-state index in [2.05, 4.69) is 4.98 Å². The highest BCUT2D eigenvalue weighted by Crippen LogP contribution is 2.25. The zero-order chi connectivity index (χ0) is 9.26. The van der Waals surface area contributed by atoms with Gasteiger partial charge in [-0.25, -0.2) is 9.55 Å². The van der Waals surface area contributed by atoms with Crippen LogP contribution in [0.15, 0.2) is 36.9 Å². The Bertz CT molecular complexity index is 412. The molecule has 0 spiro atoms. The number of aromatic nitrogens is 2. The second-order valence-electron chi connectivity index (χ2n) is 2.59. The quantitative estimate of drug-likeness (QED) is 0.664. The Morgan fingerprint density at radius 2 is 2.00 bits per heavy atom. The third-order valence-electron chi connectivity index (χ3n) is 1.75. The Morgan fingerprint density at radius 1 is 1.21 bits per heavy atom. The Labute approximate surface area is 97.9 Å². The van der Waals surface area contributed by atoms with E-state index in [0.717, 1.165) is 5.69 Å². The summed E-state index contributed by atoms with van der Waals surface area (Å²) in [6.45, 7) is 0. The summed E-state index contributed by atoms with van der Waals surface area (Å²) in [6.07, 6.45) is 5.49. The summed E-state index contributed by atoms with van der Waals surface area (Å²) in [5.41, 5.74) is 0.871. The molecule has 0 saturated heterocycles. The van der Waals surface area contributed by atoms with Crippen molar-refractivity contribution in [3.63, 3.8) is 0 Å². The first-order valence-corrected chi connectivity index (χ1v) is 4.53. The van der Waals surface area contributed by atoms with Crippen molar-refractivity contribution >= 4 is 23.2 Å². The number of rotatable bonds is 1. The zero-order valence-electron chi connectivity index (χ0n) is 7.05. The highest BCUT2D eigenvalue weighted by Gasteiger charge is 2.09. The molecule has 0 bridgehead atoms. The summed E-state index contributed by atoms with van der Waals surface area (Å²) >= 11 is 11.9. The predicted molar refractivity (Wildman–Crippen MR) is 52.3 cm³/mol. The average Bonchev–Trinajstić information content (AvgIpc) is 2.62. The number of halogens is 3. The van der Waals surface area contributed by atoms with E-state index in [9.17, 15) is 0 Å². The molecule has 2 nitrogen and oxygen atoms in total. The van der Waals surface area contributed by atoms with Crippen molar-refractivity contribution in [2.45, 2.75) is 0 Å². The van der Waals surface area contributed by atoms with Crippen LogP contribution in [0.5, 0.6) is 0 Å². The molecule has 0 aliphatic rings. The fourth-order valence-electron chi connectivity index (χ4n) is 1.13. The van der Waals surface area contributed by atoms with Crippen LogP contribution in [0.25, 0.3) is 5.69 Å². The molecule has 1 N–H and O–H groups in total. The van der Waals surface area contributed by atoms with Crippen molar-refractivity contribution in [1.82, 2.24) is 4.98 Å². The minimum Gasteiger partial charge on any atom is -1.00 e. The van der Waals surface area contributed by atoms with Gasteiger partial charge < -0.3 is 12.4 Å². The lowest BCUT2D eigenvalue weighted by molar-refractivity contribution is -0.594. The molecule has 0 aliphatic heterocycles. The van der Waals surface area contributed by atoms with Gasteiger partial charge in [-0.1, -0.05) is 29.3 Å². The van der Waals surface area contributed by atoms with E-state index >= 15 is 0 Å². The maximum atomic E-state index is 6.02. The summed E-state index contributed by atoms with van der Waals surface area (Å²) in [4.78, 5) is 2.94. The van der Waals surface area contributed by atoms with Crippen LogP contribution in [0.1, 0.15) is 0 Å². The van der Waals surface area contributed by atoms with Crippen molar-refractivity contribution < 1.29 is 17.0 Å². The number of hydrogen-bond donors (Lipinski definition) is 1. The number of nitrogens with zero attached hydrogens (tertiary/aromatic N) is 1. The second kappa shape index (κ2) is 4.69. The maximum absolute atomic E-state index is 6.02. The number of imidazole rings is 1. The highest BCUT2D eigenvalue weighted by atomic mass is 35.5. The van der Waals surface area contributed by atoms with Gasteiger partial charge in [0, 0.05) is 0 Å². The molecule has 2 rings (SSSR count). The van der Waals surface area contributed by atoms with Gasteiger partial charge in [-0.2, -0.15) is 0 Å². The number of nitrogens with one attached hydrogen (secondary N) is 1. The van der Waals surface area contributed by atoms with E-state index in [1.807, 2.05) is 29.1 Å². The van der Waals surface area contributed by atoms with Crippen LogP contribution in [0, 0.1) is 0 Å². The molecule has 74 valence electrons. The number of benzene rings is 1. The lowest BCUT2D eigenvalue weighted by Gasteiger charge is -1.99. The van der Waals surface area contributed by atoms with Crippen molar-refractivity contribution in [3.8, 4) is 5.69 Å². The van der Waals surface area contributed by atoms with Crippen LogP contribution in [0.2, 0.25) is 10.0 Å². The van der Waals surface area contributed by atoms with E-state index < -0.39 is 0 Å². The lowest BCUT2D eigenvalue weighted by atomic mass is 10.3. The van der Waals surface area contributed by atoms with E-state index in [1.165, 1.54) is 0 Å². The van der Waals surface area contributed by atoms with Gasteiger partial charge in [-0.05, 0) is 12.1 Å². The summed E-state index contributed by atoms with van der Waals surface area (Å²) < 4.78 is 1.87. The van der Waals surface area contributed by atoms with Crippen molar-refractivity contribution in [2.24, 2.45) is 0 Å². The van der Waals surface area contributed by atoms with Gasteiger partial charge in [0.05, 0.1) is 5.02 Å². The minimum atomic E-state index is 0. The first kappa shape index (κ1) is 11.4. The Hall–Kier alpha value is -0.700. The van der Waals surface area contributed by atoms with E-state index in [4.69, 9.17) is 23.2 Å². The first-order valence-electron chi connectivity index (χ1n) is 3.77. The maximum Gasteiger partial charge on any atom is 0.246 e. The molecule has 1 aromatic carbocycles. The van der Waals surface area contributed by atoms with Crippen LogP contribution >= 0.6 is 23.2 Å². The molecule has 0 aliphatic carbocycles. The van der Waals surface area contributed by atoms with Gasteiger partial charge in [0.1, 0.15) is 17.4 Å². The van der Waals surface area contributed by atoms with Gasteiger partial charge in [-0.15, -0.1) is 0 Å². The Balaban J connectivity index is 0.000000980. The van der Waals surface area contributed by atoms with Gasteiger partial charge >= 0.3 is 0 Å². The molecule has 0 saturated carbocycles. The smallest absolute Gasteiger partial charge is 0.246 e. The molecule has 0 amide bonds. The SMILES string of the molecule is Clc1cccc(-[n+]2cc[nH]c2)c1Cl.[Cl-]. The van der Waals surface area contributed by atoms with Crippen molar-refractivity contribution in [1.29, 1.82) is 0 Å². The van der Waals surface area contributed by atoms with Crippen LogP contribution in [-0.2, 0) is 0 Å². The molecule has 1 aromatic heterocycles. The van der Waals surface area contributed by atoms with Crippen LogP contribution in [-0.4, -0.2) is 4.98 Å². The molecule has 0 atom stereocenters. The van der Waals surface area contributed by atoms with Gasteiger partial charge in [0.25, 0.3) is 0 Å². The molecule has 2 aromatic rings. The normalized spacial score (nSPS) is 9.57. The fourth-order valence-corrected chi connectivity index (χ4v) is 1.52. The van der Waals surface area contributed by atoms with Crippen molar-refractivity contribution in [3.05, 3.63) is 47.0 Å². The molecular formula is C9H7Cl3N2. The molecule has 1 heterocycles. The third kappa shape index (κ3) is 2.03. The summed E-state index contributed by atoms with van der Waals surface area (Å²) in [6, 6.07) is 5.53. The average molecular weight is 250 g/mol. The first-order chi connectivity index (χ1) is 6.29. The molecule has 0 unspecified atom stereocenters. The van der Waals surface area contributed by atoms with Crippen molar-refractivity contribution in [2.75, 3.05) is 0 Å². The summed E-state index contributed by atoms with van der Waals surface area (Å²) in [7, 11) is 0. The monoisotopic (exact) mass is 248 g/mol. The van der Waals surface area contributed by atoms with Crippen LogP contribution in [0.3, 0.4) is 0 Å². The standard InChI is InChI=1S/C9H6Cl2N2.ClH/c10-7-2-1-3-8(9(7)11)13-5-4-12-6-13;/h1-6H;1H. The summed E-state index contributed by atoms with van der Waals surface area (Å²) in [5.74, 6) is 0. The number of hydrogen-bond acceptors (Lipinski definition) is 0. The third-order valence-corrected chi connectivity index (χ3v) is 2.56.